The van der Waals surface area contributed by atoms with Crippen molar-refractivity contribution in [2.75, 3.05) is 13.2 Å². The van der Waals surface area contributed by atoms with E-state index >= 15 is 0 Å². The first-order valence-electron chi connectivity index (χ1n) is 10.6. The molecular weight excluding hydrogens is 364 g/mol. The summed E-state index contributed by atoms with van der Waals surface area (Å²) in [7, 11) is 0. The second-order valence-electron chi connectivity index (χ2n) is 6.43. The molecule has 0 aliphatic rings. The highest BCUT2D eigenvalue weighted by Gasteiger charge is 2.10. The molecule has 2 N–H and O–H groups in total. The van der Waals surface area contributed by atoms with E-state index in [0.717, 1.165) is 38.5 Å². The van der Waals surface area contributed by atoms with Crippen LogP contribution in [0.4, 0.5) is 0 Å². The van der Waals surface area contributed by atoms with Crippen LogP contribution in [0.1, 0.15) is 58.3 Å². The van der Waals surface area contributed by atoms with Gasteiger partial charge in [0.15, 0.2) is 0 Å². The number of aliphatic hydroxyl groups is 2. The molecule has 0 radical (unpaired) electrons. The van der Waals surface area contributed by atoms with Crippen LogP contribution in [0.3, 0.4) is 0 Å². The third-order valence-electron chi connectivity index (χ3n) is 3.82. The molecule has 0 atom stereocenters. The van der Waals surface area contributed by atoms with Crippen LogP contribution < -0.4 is 0 Å². The van der Waals surface area contributed by atoms with Crippen LogP contribution in [-0.2, 0) is 9.53 Å². The van der Waals surface area contributed by atoms with Gasteiger partial charge in [-0.2, -0.15) is 0 Å². The lowest BCUT2D eigenvalue weighted by atomic mass is 10.2. The normalized spacial score (nSPS) is 13.0. The summed E-state index contributed by atoms with van der Waals surface area (Å²) in [6.45, 7) is 1.42. The number of carbonyl (C=O) groups excluding carboxylic acids is 1. The topological polar surface area (TPSA) is 66.8 Å². The van der Waals surface area contributed by atoms with Gasteiger partial charge in [0.2, 0.25) is 0 Å². The molecule has 0 fully saturated rings. The molecule has 0 aromatic heterocycles. The van der Waals surface area contributed by atoms with Gasteiger partial charge < -0.3 is 14.9 Å². The van der Waals surface area contributed by atoms with Crippen LogP contribution in [0, 0.1) is 0 Å². The van der Waals surface area contributed by atoms with Crippen LogP contribution in [0.5, 0.6) is 0 Å². The number of hydrogen-bond acceptors (Lipinski definition) is 4. The fraction of sp³-hybridized carbons (Fsp3) is 0.480. The number of allylic oxidation sites excluding steroid dienone is 12. The van der Waals surface area contributed by atoms with Crippen LogP contribution in [0.2, 0.25) is 0 Å². The van der Waals surface area contributed by atoms with Crippen LogP contribution in [0.25, 0.3) is 0 Å². The number of ether oxygens (including phenoxy) is 1. The van der Waals surface area contributed by atoms with Gasteiger partial charge in [-0.25, -0.2) is 0 Å². The SMILES string of the molecule is CC/C=C/C/C=C/C/C=C/C/C=C/C/C=C/C/C=C/CCC(=O)OC(CO)CO. The number of hydrogen-bond donors (Lipinski definition) is 2. The minimum absolute atomic E-state index is 0.249. The molecule has 4 nitrogen and oxygen atoms in total. The van der Waals surface area contributed by atoms with E-state index in [1.807, 2.05) is 12.2 Å². The smallest absolute Gasteiger partial charge is 0.306 e. The van der Waals surface area contributed by atoms with E-state index in [4.69, 9.17) is 14.9 Å². The maximum Gasteiger partial charge on any atom is 0.306 e. The zero-order chi connectivity index (χ0) is 21.4. The third-order valence-corrected chi connectivity index (χ3v) is 3.82. The fourth-order valence-electron chi connectivity index (χ4n) is 2.22. The van der Waals surface area contributed by atoms with E-state index in [0.29, 0.717) is 6.42 Å². The van der Waals surface area contributed by atoms with Crippen molar-refractivity contribution in [1.82, 2.24) is 0 Å². The van der Waals surface area contributed by atoms with Crippen molar-refractivity contribution in [1.29, 1.82) is 0 Å². The number of rotatable bonds is 17. The minimum Gasteiger partial charge on any atom is -0.457 e. The third kappa shape index (κ3) is 20.4. The second kappa shape index (κ2) is 22.1. The van der Waals surface area contributed by atoms with Crippen molar-refractivity contribution in [3.63, 3.8) is 0 Å². The minimum atomic E-state index is -0.812. The standard InChI is InChI=1S/C25H38O4/c1-2-3-4-5-6-7-8-9-10-11-12-13-14-15-16-17-18-19-20-21-25(28)29-24(22-26)23-27/h3-4,6-7,9-10,12-13,15-16,18-19,24,26-27H,2,5,8,11,14,17,20-23H2,1H3/b4-3+,7-6+,10-9+,13-12+,16-15+,19-18+. The van der Waals surface area contributed by atoms with Crippen LogP contribution in [-0.4, -0.2) is 35.5 Å². The molecule has 0 unspecified atom stereocenters. The fourth-order valence-corrected chi connectivity index (χ4v) is 2.22. The zero-order valence-corrected chi connectivity index (χ0v) is 17.8. The van der Waals surface area contributed by atoms with Crippen molar-refractivity contribution in [3.05, 3.63) is 72.9 Å². The largest absolute Gasteiger partial charge is 0.457 e. The molecule has 162 valence electrons. The van der Waals surface area contributed by atoms with Gasteiger partial charge in [0.05, 0.1) is 13.2 Å². The summed E-state index contributed by atoms with van der Waals surface area (Å²) in [4.78, 5) is 11.4. The van der Waals surface area contributed by atoms with Gasteiger partial charge in [0, 0.05) is 6.42 Å². The monoisotopic (exact) mass is 402 g/mol. The molecule has 0 rings (SSSR count). The van der Waals surface area contributed by atoms with E-state index in [1.165, 1.54) is 0 Å². The average Bonchev–Trinajstić information content (AvgIpc) is 2.73. The molecule has 0 saturated carbocycles. The van der Waals surface area contributed by atoms with Crippen LogP contribution in [0.15, 0.2) is 72.9 Å². The molecule has 0 aliphatic heterocycles. The lowest BCUT2D eigenvalue weighted by molar-refractivity contribution is -0.153. The molecule has 29 heavy (non-hydrogen) atoms. The molecule has 0 aromatic rings. The number of esters is 1. The van der Waals surface area contributed by atoms with Gasteiger partial charge in [-0.05, 0) is 44.9 Å². The van der Waals surface area contributed by atoms with Crippen molar-refractivity contribution in [2.24, 2.45) is 0 Å². The molecule has 0 spiro atoms. The summed E-state index contributed by atoms with van der Waals surface area (Å²) in [5.74, 6) is -0.405. The Bertz CT molecular complexity index is 549. The quantitative estimate of drug-likeness (QED) is 0.254. The predicted octanol–water partition coefficient (Wildman–Crippen LogP) is 5.36. The Morgan fingerprint density at radius 2 is 1.07 bits per heavy atom. The van der Waals surface area contributed by atoms with Gasteiger partial charge in [-0.3, -0.25) is 4.79 Å². The summed E-state index contributed by atoms with van der Waals surface area (Å²) in [6.07, 6.45) is 31.5. The first kappa shape index (κ1) is 26.8. The first-order chi connectivity index (χ1) is 14.2. The van der Waals surface area contributed by atoms with Crippen molar-refractivity contribution in [2.45, 2.75) is 64.4 Å². The van der Waals surface area contributed by atoms with E-state index < -0.39 is 12.1 Å². The Labute approximate surface area is 176 Å². The number of aliphatic hydroxyl groups excluding tert-OH is 2. The van der Waals surface area contributed by atoms with Crippen molar-refractivity contribution >= 4 is 5.97 Å². The molecule has 0 aromatic carbocycles. The zero-order valence-electron chi connectivity index (χ0n) is 17.8. The van der Waals surface area contributed by atoms with E-state index in [-0.39, 0.29) is 19.6 Å². The van der Waals surface area contributed by atoms with Gasteiger partial charge in [0.1, 0.15) is 6.10 Å². The van der Waals surface area contributed by atoms with Gasteiger partial charge in [0.25, 0.3) is 0 Å². The Morgan fingerprint density at radius 1 is 0.690 bits per heavy atom. The maximum atomic E-state index is 11.4. The first-order valence-corrected chi connectivity index (χ1v) is 10.6. The van der Waals surface area contributed by atoms with E-state index in [9.17, 15) is 4.79 Å². The van der Waals surface area contributed by atoms with Gasteiger partial charge in [-0.1, -0.05) is 79.8 Å². The van der Waals surface area contributed by atoms with Crippen molar-refractivity contribution in [3.8, 4) is 0 Å². The lowest BCUT2D eigenvalue weighted by Crippen LogP contribution is -2.25. The highest BCUT2D eigenvalue weighted by molar-refractivity contribution is 5.69. The summed E-state index contributed by atoms with van der Waals surface area (Å²) in [6, 6.07) is 0. The summed E-state index contributed by atoms with van der Waals surface area (Å²) in [5, 5.41) is 17.7. The highest BCUT2D eigenvalue weighted by atomic mass is 16.6. The lowest BCUT2D eigenvalue weighted by Gasteiger charge is -2.11. The van der Waals surface area contributed by atoms with Crippen molar-refractivity contribution < 1.29 is 19.7 Å². The molecule has 0 amide bonds. The average molecular weight is 403 g/mol. The Hall–Kier alpha value is -2.17. The van der Waals surface area contributed by atoms with Crippen LogP contribution >= 0.6 is 0 Å². The summed E-state index contributed by atoms with van der Waals surface area (Å²) >= 11 is 0. The van der Waals surface area contributed by atoms with E-state index in [1.54, 1.807) is 0 Å². The molecular formula is C25H38O4. The highest BCUT2D eigenvalue weighted by Crippen LogP contribution is 2.00. The number of carbonyl (C=O) groups is 1. The molecule has 4 heteroatoms. The molecule has 0 heterocycles. The Balaban J connectivity index is 3.63. The summed E-state index contributed by atoms with van der Waals surface area (Å²) < 4.78 is 4.88. The summed E-state index contributed by atoms with van der Waals surface area (Å²) in [5.41, 5.74) is 0. The second-order valence-corrected chi connectivity index (χ2v) is 6.43. The molecule has 0 saturated heterocycles. The predicted molar refractivity (Wildman–Crippen MR) is 122 cm³/mol. The maximum absolute atomic E-state index is 11.4. The Kier molecular flexibility index (Phi) is 20.5. The molecule has 0 aliphatic carbocycles. The van der Waals surface area contributed by atoms with Gasteiger partial charge in [-0.15, -0.1) is 0 Å². The van der Waals surface area contributed by atoms with Gasteiger partial charge >= 0.3 is 5.97 Å². The Morgan fingerprint density at radius 3 is 1.45 bits per heavy atom. The molecule has 0 bridgehead atoms. The van der Waals surface area contributed by atoms with E-state index in [2.05, 4.69) is 67.7 Å².